The van der Waals surface area contributed by atoms with Crippen molar-refractivity contribution in [3.05, 3.63) is 50.9 Å². The second kappa shape index (κ2) is 7.97. The minimum Gasteiger partial charge on any atom is -0.351 e. The van der Waals surface area contributed by atoms with Gasteiger partial charge in [-0.3, -0.25) is 9.59 Å². The van der Waals surface area contributed by atoms with Crippen molar-refractivity contribution in [1.82, 2.24) is 15.2 Å². The van der Waals surface area contributed by atoms with E-state index in [1.807, 2.05) is 36.6 Å². The highest BCUT2D eigenvalue weighted by Gasteiger charge is 2.30. The van der Waals surface area contributed by atoms with E-state index in [0.717, 1.165) is 22.7 Å². The molecule has 1 aliphatic heterocycles. The Balaban J connectivity index is 1.47. The second-order valence-electron chi connectivity index (χ2n) is 6.22. The van der Waals surface area contributed by atoms with Crippen LogP contribution in [0.1, 0.15) is 22.7 Å². The number of carbonyl (C=O) groups is 2. The summed E-state index contributed by atoms with van der Waals surface area (Å²) in [5.74, 6) is -0.00313. The SMILES string of the molecule is Cc1nc(CC(=O)NC2CC(=O)N(CCc3cccc(Cl)c3)C2)cs1. The Morgan fingerprint density at radius 2 is 2.32 bits per heavy atom. The highest BCUT2D eigenvalue weighted by atomic mass is 35.5. The maximum atomic E-state index is 12.2. The molecule has 3 rings (SSSR count). The predicted molar refractivity (Wildman–Crippen MR) is 98.8 cm³/mol. The van der Waals surface area contributed by atoms with Crippen LogP contribution in [0.25, 0.3) is 0 Å². The number of thiazole rings is 1. The third-order valence-corrected chi connectivity index (χ3v) is 5.20. The summed E-state index contributed by atoms with van der Waals surface area (Å²) in [6.45, 7) is 3.11. The fourth-order valence-electron chi connectivity index (χ4n) is 2.97. The van der Waals surface area contributed by atoms with Crippen LogP contribution in [0.2, 0.25) is 5.02 Å². The fraction of sp³-hybridized carbons (Fsp3) is 0.389. The number of nitrogens with one attached hydrogen (secondary N) is 1. The Morgan fingerprint density at radius 3 is 3.04 bits per heavy atom. The molecule has 0 saturated carbocycles. The lowest BCUT2D eigenvalue weighted by atomic mass is 10.1. The number of carbonyl (C=O) groups excluding carboxylic acids is 2. The van der Waals surface area contributed by atoms with Crippen LogP contribution in [0.4, 0.5) is 0 Å². The number of benzene rings is 1. The van der Waals surface area contributed by atoms with Crippen LogP contribution in [0.15, 0.2) is 29.6 Å². The second-order valence-corrected chi connectivity index (χ2v) is 7.72. The lowest BCUT2D eigenvalue weighted by Crippen LogP contribution is -2.38. The summed E-state index contributed by atoms with van der Waals surface area (Å²) < 4.78 is 0. The zero-order valence-electron chi connectivity index (χ0n) is 14.0. The van der Waals surface area contributed by atoms with Gasteiger partial charge in [-0.15, -0.1) is 11.3 Å². The van der Waals surface area contributed by atoms with Gasteiger partial charge in [0, 0.05) is 29.9 Å². The monoisotopic (exact) mass is 377 g/mol. The Labute approximate surface area is 156 Å². The van der Waals surface area contributed by atoms with Gasteiger partial charge in [0.15, 0.2) is 0 Å². The summed E-state index contributed by atoms with van der Waals surface area (Å²) in [6, 6.07) is 7.53. The van der Waals surface area contributed by atoms with E-state index in [-0.39, 0.29) is 24.3 Å². The molecule has 2 amide bonds. The summed E-state index contributed by atoms with van der Waals surface area (Å²) >= 11 is 7.52. The molecule has 1 aliphatic rings. The maximum Gasteiger partial charge on any atom is 0.226 e. The van der Waals surface area contributed by atoms with Gasteiger partial charge in [0.2, 0.25) is 11.8 Å². The van der Waals surface area contributed by atoms with Gasteiger partial charge in [-0.05, 0) is 31.0 Å². The van der Waals surface area contributed by atoms with Crippen LogP contribution in [-0.4, -0.2) is 40.8 Å². The molecule has 1 saturated heterocycles. The third-order valence-electron chi connectivity index (χ3n) is 4.15. The normalized spacial score (nSPS) is 17.1. The molecule has 1 aromatic carbocycles. The number of hydrogen-bond acceptors (Lipinski definition) is 4. The van der Waals surface area contributed by atoms with Crippen molar-refractivity contribution < 1.29 is 9.59 Å². The first-order valence-corrected chi connectivity index (χ1v) is 9.48. The zero-order chi connectivity index (χ0) is 17.8. The molecule has 1 unspecified atom stereocenters. The molecule has 1 aromatic heterocycles. The van der Waals surface area contributed by atoms with Gasteiger partial charge >= 0.3 is 0 Å². The van der Waals surface area contributed by atoms with Crippen molar-refractivity contribution in [2.24, 2.45) is 0 Å². The van der Waals surface area contributed by atoms with Crippen molar-refractivity contribution in [2.45, 2.75) is 32.2 Å². The Kier molecular flexibility index (Phi) is 5.71. The fourth-order valence-corrected chi connectivity index (χ4v) is 3.80. The minimum absolute atomic E-state index is 0.0804. The molecule has 0 spiro atoms. The Morgan fingerprint density at radius 1 is 1.48 bits per heavy atom. The summed E-state index contributed by atoms with van der Waals surface area (Å²) in [7, 11) is 0. The van der Waals surface area contributed by atoms with E-state index in [0.29, 0.717) is 24.5 Å². The third kappa shape index (κ3) is 5.03. The van der Waals surface area contributed by atoms with E-state index < -0.39 is 0 Å². The van der Waals surface area contributed by atoms with Crippen LogP contribution in [-0.2, 0) is 22.4 Å². The van der Waals surface area contributed by atoms with E-state index in [1.165, 1.54) is 11.3 Å². The average Bonchev–Trinajstić information content (AvgIpc) is 3.10. The number of likely N-dealkylation sites (tertiary alicyclic amines) is 1. The molecule has 1 N–H and O–H groups in total. The number of aromatic nitrogens is 1. The van der Waals surface area contributed by atoms with Crippen molar-refractivity contribution in [3.8, 4) is 0 Å². The number of rotatable bonds is 6. The predicted octanol–water partition coefficient (Wildman–Crippen LogP) is 2.61. The minimum atomic E-state index is -0.126. The first-order valence-electron chi connectivity index (χ1n) is 8.22. The molecule has 0 radical (unpaired) electrons. The maximum absolute atomic E-state index is 12.2. The van der Waals surface area contributed by atoms with Crippen LogP contribution in [0.3, 0.4) is 0 Å². The van der Waals surface area contributed by atoms with Gasteiger partial charge in [0.1, 0.15) is 0 Å². The topological polar surface area (TPSA) is 62.3 Å². The van der Waals surface area contributed by atoms with Gasteiger partial charge in [-0.2, -0.15) is 0 Å². The number of aryl methyl sites for hydroxylation is 1. The molecule has 0 aliphatic carbocycles. The smallest absolute Gasteiger partial charge is 0.226 e. The summed E-state index contributed by atoms with van der Waals surface area (Å²) in [6.07, 6.45) is 1.37. The van der Waals surface area contributed by atoms with Crippen molar-refractivity contribution in [3.63, 3.8) is 0 Å². The number of nitrogens with zero attached hydrogens (tertiary/aromatic N) is 2. The largest absolute Gasteiger partial charge is 0.351 e. The number of amides is 2. The molecule has 7 heteroatoms. The van der Waals surface area contributed by atoms with E-state index in [4.69, 9.17) is 11.6 Å². The van der Waals surface area contributed by atoms with E-state index >= 15 is 0 Å². The average molecular weight is 378 g/mol. The molecule has 1 atom stereocenters. The van der Waals surface area contributed by atoms with E-state index in [1.54, 1.807) is 4.90 Å². The van der Waals surface area contributed by atoms with Gasteiger partial charge in [-0.25, -0.2) is 4.98 Å². The van der Waals surface area contributed by atoms with Gasteiger partial charge in [0.25, 0.3) is 0 Å². The van der Waals surface area contributed by atoms with Gasteiger partial charge < -0.3 is 10.2 Å². The Hall–Kier alpha value is -1.92. The summed E-state index contributed by atoms with van der Waals surface area (Å²) in [4.78, 5) is 30.4. The molecule has 1 fully saturated rings. The van der Waals surface area contributed by atoms with Crippen LogP contribution in [0.5, 0.6) is 0 Å². The zero-order valence-corrected chi connectivity index (χ0v) is 15.6. The van der Waals surface area contributed by atoms with Crippen LogP contribution >= 0.6 is 22.9 Å². The first-order chi connectivity index (χ1) is 12.0. The molecule has 2 heterocycles. The van der Waals surface area contributed by atoms with Crippen LogP contribution in [0, 0.1) is 6.92 Å². The van der Waals surface area contributed by atoms with Crippen molar-refractivity contribution in [2.75, 3.05) is 13.1 Å². The van der Waals surface area contributed by atoms with E-state index in [2.05, 4.69) is 10.3 Å². The van der Waals surface area contributed by atoms with Gasteiger partial charge in [-0.1, -0.05) is 23.7 Å². The van der Waals surface area contributed by atoms with Crippen LogP contribution < -0.4 is 5.32 Å². The first kappa shape index (κ1) is 17.9. The molecular formula is C18H20ClN3O2S. The van der Waals surface area contributed by atoms with Gasteiger partial charge in [0.05, 0.1) is 23.2 Å². The van der Waals surface area contributed by atoms with Crippen molar-refractivity contribution >= 4 is 34.8 Å². The quantitative estimate of drug-likeness (QED) is 0.841. The molecule has 0 bridgehead atoms. The molecule has 132 valence electrons. The summed E-state index contributed by atoms with van der Waals surface area (Å²) in [5.41, 5.74) is 1.88. The van der Waals surface area contributed by atoms with Crippen molar-refractivity contribution in [1.29, 1.82) is 0 Å². The molecule has 5 nitrogen and oxygen atoms in total. The number of halogens is 1. The Bertz CT molecular complexity index is 777. The molecule has 25 heavy (non-hydrogen) atoms. The standard InChI is InChI=1S/C18H20ClN3O2S/c1-12-20-16(11-25-12)8-17(23)21-15-9-18(24)22(10-15)6-5-13-3-2-4-14(19)7-13/h2-4,7,11,15H,5-6,8-10H2,1H3,(H,21,23). The lowest BCUT2D eigenvalue weighted by molar-refractivity contribution is -0.127. The molecule has 2 aromatic rings. The number of hydrogen-bond donors (Lipinski definition) is 1. The highest BCUT2D eigenvalue weighted by molar-refractivity contribution is 7.09. The summed E-state index contributed by atoms with van der Waals surface area (Å²) in [5, 5.41) is 6.49. The highest BCUT2D eigenvalue weighted by Crippen LogP contribution is 2.15. The lowest BCUT2D eigenvalue weighted by Gasteiger charge is -2.17. The van der Waals surface area contributed by atoms with E-state index in [9.17, 15) is 9.59 Å². The molecular weight excluding hydrogens is 358 g/mol.